The van der Waals surface area contributed by atoms with Gasteiger partial charge in [-0.25, -0.2) is 0 Å². The van der Waals surface area contributed by atoms with Gasteiger partial charge in [0.2, 0.25) is 0 Å². The zero-order chi connectivity index (χ0) is 21.2. The standard InChI is InChI=1S/2C13H9.C2H4.2ClH.Hf/c2*1-3-7-12-10(5-1)9-11-6-2-4-8-13(11)12;1-2;;;/h2*1-9H;1H,2H3;2*1H;/q;;;;;+2/p-2. The summed E-state index contributed by atoms with van der Waals surface area (Å²) < 4.78 is 2.30. The molecular weight excluding hydrogens is 586 g/mol. The molecule has 0 atom stereocenters. The van der Waals surface area contributed by atoms with Crippen molar-refractivity contribution in [2.24, 2.45) is 0 Å². The molecule has 0 bridgehead atoms. The summed E-state index contributed by atoms with van der Waals surface area (Å²) in [6, 6.07) is 34.7. The summed E-state index contributed by atoms with van der Waals surface area (Å²) in [5.74, 6) is 0. The first-order valence-corrected chi connectivity index (χ1v) is 25.9. The number of rotatable bonds is 2. The zero-order valence-electron chi connectivity index (χ0n) is 17.2. The monoisotopic (exact) mass is 608 g/mol. The third kappa shape index (κ3) is 2.61. The molecule has 0 N–H and O–H groups in total. The second kappa shape index (κ2) is 6.85. The Morgan fingerprint density at radius 2 is 0.774 bits per heavy atom. The first-order valence-electron chi connectivity index (χ1n) is 10.8. The van der Waals surface area contributed by atoms with E-state index in [9.17, 15) is 0 Å². The van der Waals surface area contributed by atoms with E-state index in [0.29, 0.717) is 0 Å². The van der Waals surface area contributed by atoms with Gasteiger partial charge < -0.3 is 0 Å². The van der Waals surface area contributed by atoms with Crippen LogP contribution in [0.3, 0.4) is 0 Å². The Labute approximate surface area is 191 Å². The number of hydrogen-bond acceptors (Lipinski definition) is 0. The molecule has 4 aromatic rings. The molecule has 0 unspecified atom stereocenters. The van der Waals surface area contributed by atoms with E-state index in [0.717, 1.165) is 0 Å². The summed E-state index contributed by atoms with van der Waals surface area (Å²) in [5.41, 5.74) is 10.2. The van der Waals surface area contributed by atoms with Crippen LogP contribution in [0.15, 0.2) is 97.1 Å². The summed E-state index contributed by atoms with van der Waals surface area (Å²) >= 11 is -4.88. The van der Waals surface area contributed by atoms with Crippen LogP contribution in [0.4, 0.5) is 0 Å². The summed E-state index contributed by atoms with van der Waals surface area (Å²) in [6.45, 7) is 2.10. The van der Waals surface area contributed by atoms with Crippen molar-refractivity contribution >= 4 is 20.9 Å². The second-order valence-corrected chi connectivity index (χ2v) is 39.2. The Morgan fingerprint density at radius 1 is 0.516 bits per heavy atom. The van der Waals surface area contributed by atoms with Crippen molar-refractivity contribution in [3.63, 3.8) is 0 Å². The maximum atomic E-state index is 8.03. The van der Waals surface area contributed by atoms with E-state index in [2.05, 4.69) is 108 Å². The third-order valence-corrected chi connectivity index (χ3v) is 34.4. The Morgan fingerprint density at radius 3 is 1.03 bits per heavy atom. The zero-order valence-corrected chi connectivity index (χ0v) is 22.3. The first-order chi connectivity index (χ1) is 15.0. The molecule has 31 heavy (non-hydrogen) atoms. The van der Waals surface area contributed by atoms with Crippen molar-refractivity contribution in [1.82, 2.24) is 0 Å². The van der Waals surface area contributed by atoms with E-state index in [1.54, 1.807) is 0 Å². The van der Waals surface area contributed by atoms with Crippen molar-refractivity contribution < 1.29 is 15.7 Å². The molecule has 6 rings (SSSR count). The van der Waals surface area contributed by atoms with Crippen LogP contribution in [0.5, 0.6) is 0 Å². The molecule has 0 saturated carbocycles. The van der Waals surface area contributed by atoms with Gasteiger partial charge in [0, 0.05) is 0 Å². The summed E-state index contributed by atoms with van der Waals surface area (Å²) in [5, 5.41) is 0. The molecule has 2 aliphatic rings. The van der Waals surface area contributed by atoms with Crippen LogP contribution >= 0.6 is 17.2 Å². The van der Waals surface area contributed by atoms with Gasteiger partial charge >= 0.3 is 192 Å². The fraction of sp³-hybridized carbons (Fsp3) is 0.107. The predicted molar refractivity (Wildman–Crippen MR) is 131 cm³/mol. The van der Waals surface area contributed by atoms with Gasteiger partial charge in [-0.2, -0.15) is 0 Å². The molecule has 0 heterocycles. The minimum absolute atomic E-state index is 0.0296. The summed E-state index contributed by atoms with van der Waals surface area (Å²) in [4.78, 5) is 0. The molecule has 3 heteroatoms. The van der Waals surface area contributed by atoms with Crippen LogP contribution in [0.1, 0.15) is 36.5 Å². The summed E-state index contributed by atoms with van der Waals surface area (Å²) in [7, 11) is 16.1. The molecule has 0 aliphatic heterocycles. The van der Waals surface area contributed by atoms with Gasteiger partial charge in [-0.15, -0.1) is 0 Å². The van der Waals surface area contributed by atoms with Crippen molar-refractivity contribution in [3.05, 3.63) is 119 Å². The Balaban J connectivity index is 1.71. The van der Waals surface area contributed by atoms with Crippen molar-refractivity contribution in [2.75, 3.05) is 0 Å². The Bertz CT molecular complexity index is 1230. The van der Waals surface area contributed by atoms with Gasteiger partial charge in [0.05, 0.1) is 0 Å². The van der Waals surface area contributed by atoms with Crippen LogP contribution in [0, 0.1) is 0 Å². The molecule has 0 aromatic heterocycles. The average Bonchev–Trinajstić information content (AvgIpc) is 3.34. The molecular formula is C28H22Cl2Hf. The predicted octanol–water partition coefficient (Wildman–Crippen LogP) is 8.35. The normalized spacial score (nSPS) is 15.2. The van der Waals surface area contributed by atoms with Crippen LogP contribution in [-0.4, -0.2) is 3.76 Å². The van der Waals surface area contributed by atoms with Gasteiger partial charge in [0.15, 0.2) is 0 Å². The van der Waals surface area contributed by atoms with Gasteiger partial charge in [0.25, 0.3) is 0 Å². The van der Waals surface area contributed by atoms with Gasteiger partial charge in [-0.05, 0) is 0 Å². The van der Waals surface area contributed by atoms with E-state index >= 15 is 0 Å². The molecule has 0 amide bonds. The summed E-state index contributed by atoms with van der Waals surface area (Å²) in [6.07, 6.45) is 0. The van der Waals surface area contributed by atoms with Gasteiger partial charge in [-0.1, -0.05) is 0 Å². The second-order valence-electron chi connectivity index (χ2n) is 8.73. The SMILES string of the molecule is C[CH]=[Hf]([Cl])([Cl])([CH]1c2ccccc2-c2ccccc21)[CH]1c2ccccc2-c2ccccc21. The molecule has 0 radical (unpaired) electrons. The Kier molecular flexibility index (Phi) is 4.39. The van der Waals surface area contributed by atoms with Crippen LogP contribution in [0.2, 0.25) is 0 Å². The van der Waals surface area contributed by atoms with E-state index < -0.39 is 15.7 Å². The van der Waals surface area contributed by atoms with Crippen LogP contribution < -0.4 is 0 Å². The quantitative estimate of drug-likeness (QED) is 0.201. The van der Waals surface area contributed by atoms with E-state index in [1.807, 2.05) is 0 Å². The first kappa shape index (κ1) is 19.9. The minimum atomic E-state index is -4.88. The number of hydrogen-bond donors (Lipinski definition) is 0. The van der Waals surface area contributed by atoms with E-state index in [-0.39, 0.29) is 7.35 Å². The fourth-order valence-corrected chi connectivity index (χ4v) is 29.4. The van der Waals surface area contributed by atoms with Crippen LogP contribution in [0.25, 0.3) is 22.3 Å². The molecule has 152 valence electrons. The van der Waals surface area contributed by atoms with Crippen molar-refractivity contribution in [2.45, 2.75) is 14.3 Å². The van der Waals surface area contributed by atoms with Gasteiger partial charge in [-0.3, -0.25) is 0 Å². The molecule has 0 saturated heterocycles. The average molecular weight is 608 g/mol. The van der Waals surface area contributed by atoms with E-state index in [4.69, 9.17) is 17.2 Å². The molecule has 0 nitrogen and oxygen atoms in total. The number of benzene rings is 4. The van der Waals surface area contributed by atoms with E-state index in [1.165, 1.54) is 44.5 Å². The maximum absolute atomic E-state index is 8.03. The molecule has 4 aromatic carbocycles. The molecule has 0 fully saturated rings. The molecule has 0 spiro atoms. The van der Waals surface area contributed by atoms with Crippen LogP contribution in [-0.2, 0) is 15.7 Å². The number of halogens is 2. The molecule has 2 aliphatic carbocycles. The fourth-order valence-electron chi connectivity index (χ4n) is 6.00. The van der Waals surface area contributed by atoms with Crippen molar-refractivity contribution in [1.29, 1.82) is 0 Å². The van der Waals surface area contributed by atoms with Gasteiger partial charge in [0.1, 0.15) is 0 Å². The third-order valence-electron chi connectivity index (χ3n) is 7.32. The van der Waals surface area contributed by atoms with Crippen molar-refractivity contribution in [3.8, 4) is 22.3 Å². The topological polar surface area (TPSA) is 0 Å². The number of fused-ring (bicyclic) bond motifs is 6. The Hall–Kier alpha value is -1.80.